The molecule has 1 aromatic carbocycles. The molecule has 0 amide bonds. The molecule has 2 aromatic rings. The molecule has 8 heteroatoms. The van der Waals surface area contributed by atoms with Crippen LogP contribution in [0.5, 0.6) is 0 Å². The summed E-state index contributed by atoms with van der Waals surface area (Å²) in [6, 6.07) is 8.78. The van der Waals surface area contributed by atoms with E-state index in [9.17, 15) is 8.42 Å². The highest BCUT2D eigenvalue weighted by atomic mass is 79.9. The molecule has 0 aliphatic rings. The van der Waals surface area contributed by atoms with Crippen LogP contribution in [0.25, 0.3) is 0 Å². The summed E-state index contributed by atoms with van der Waals surface area (Å²) in [4.78, 5) is 0.0510. The zero-order valence-electron chi connectivity index (χ0n) is 10.3. The fourth-order valence-corrected chi connectivity index (χ4v) is 3.82. The summed E-state index contributed by atoms with van der Waals surface area (Å²) in [5.74, 6) is 0.404. The standard InChI is InChI=1S/C12H12Br2N2O3S/c13-9-3-1-8(2-4-9)7-16-20(17,18)11-5-10(6-15)19-12(11)14/h1-5,16H,6-7,15H2. The predicted molar refractivity (Wildman–Crippen MR) is 82.5 cm³/mol. The fourth-order valence-electron chi connectivity index (χ4n) is 1.54. The Kier molecular flexibility index (Phi) is 5.03. The molecule has 0 saturated heterocycles. The van der Waals surface area contributed by atoms with Crippen molar-refractivity contribution >= 4 is 41.9 Å². The molecule has 0 spiro atoms. The van der Waals surface area contributed by atoms with E-state index in [2.05, 4.69) is 36.6 Å². The van der Waals surface area contributed by atoms with Gasteiger partial charge >= 0.3 is 0 Å². The highest BCUT2D eigenvalue weighted by Crippen LogP contribution is 2.26. The minimum atomic E-state index is -3.65. The fraction of sp³-hybridized carbons (Fsp3) is 0.167. The third kappa shape index (κ3) is 3.70. The molecule has 108 valence electrons. The Morgan fingerprint density at radius 1 is 1.20 bits per heavy atom. The Bertz CT molecular complexity index is 696. The first-order valence-corrected chi connectivity index (χ1v) is 8.71. The summed E-state index contributed by atoms with van der Waals surface area (Å²) in [6.07, 6.45) is 0. The first-order chi connectivity index (χ1) is 9.42. The Labute approximate surface area is 133 Å². The molecular formula is C12H12Br2N2O3S. The van der Waals surface area contributed by atoms with E-state index in [0.717, 1.165) is 10.0 Å². The quantitative estimate of drug-likeness (QED) is 0.774. The molecule has 0 fully saturated rings. The van der Waals surface area contributed by atoms with Gasteiger partial charge < -0.3 is 10.2 Å². The van der Waals surface area contributed by atoms with Gasteiger partial charge in [0.2, 0.25) is 10.0 Å². The molecule has 0 aliphatic carbocycles. The van der Waals surface area contributed by atoms with Gasteiger partial charge in [-0.25, -0.2) is 13.1 Å². The normalized spacial score (nSPS) is 11.8. The summed E-state index contributed by atoms with van der Waals surface area (Å²) >= 11 is 6.41. The number of hydrogen-bond acceptors (Lipinski definition) is 4. The van der Waals surface area contributed by atoms with Gasteiger partial charge in [0.1, 0.15) is 10.7 Å². The first-order valence-electron chi connectivity index (χ1n) is 5.65. The first kappa shape index (κ1) is 15.7. The third-order valence-corrected chi connectivity index (χ3v) is 5.36. The largest absolute Gasteiger partial charge is 0.452 e. The Morgan fingerprint density at radius 3 is 2.40 bits per heavy atom. The van der Waals surface area contributed by atoms with Crippen LogP contribution in [-0.4, -0.2) is 8.42 Å². The monoisotopic (exact) mass is 422 g/mol. The van der Waals surface area contributed by atoms with Crippen LogP contribution in [-0.2, 0) is 23.1 Å². The van der Waals surface area contributed by atoms with Gasteiger partial charge in [-0.05, 0) is 33.6 Å². The van der Waals surface area contributed by atoms with Gasteiger partial charge in [-0.3, -0.25) is 0 Å². The van der Waals surface area contributed by atoms with Gasteiger partial charge in [0.15, 0.2) is 4.67 Å². The van der Waals surface area contributed by atoms with Crippen LogP contribution >= 0.6 is 31.9 Å². The number of furan rings is 1. The summed E-state index contributed by atoms with van der Waals surface area (Å²) in [7, 11) is -3.65. The number of hydrogen-bond donors (Lipinski definition) is 2. The molecule has 0 atom stereocenters. The molecule has 1 heterocycles. The minimum absolute atomic E-state index is 0.0510. The molecule has 0 saturated carbocycles. The van der Waals surface area contributed by atoms with E-state index in [0.29, 0.717) is 5.76 Å². The van der Waals surface area contributed by atoms with E-state index in [1.807, 2.05) is 24.3 Å². The molecule has 0 unspecified atom stereocenters. The summed E-state index contributed by atoms with van der Waals surface area (Å²) in [5.41, 5.74) is 6.28. The zero-order chi connectivity index (χ0) is 14.8. The van der Waals surface area contributed by atoms with Crippen molar-refractivity contribution in [2.45, 2.75) is 18.0 Å². The lowest BCUT2D eigenvalue weighted by Crippen LogP contribution is -2.23. The lowest BCUT2D eigenvalue weighted by molar-refractivity contribution is 0.483. The van der Waals surface area contributed by atoms with Gasteiger partial charge in [-0.1, -0.05) is 28.1 Å². The highest BCUT2D eigenvalue weighted by Gasteiger charge is 2.21. The smallest absolute Gasteiger partial charge is 0.245 e. The van der Waals surface area contributed by atoms with Crippen molar-refractivity contribution in [1.82, 2.24) is 4.72 Å². The Morgan fingerprint density at radius 2 is 1.85 bits per heavy atom. The lowest BCUT2D eigenvalue weighted by Gasteiger charge is -2.05. The molecule has 20 heavy (non-hydrogen) atoms. The van der Waals surface area contributed by atoms with Crippen molar-refractivity contribution in [3.05, 3.63) is 50.8 Å². The number of rotatable bonds is 5. The Balaban J connectivity index is 2.14. The van der Waals surface area contributed by atoms with E-state index in [4.69, 9.17) is 10.2 Å². The van der Waals surface area contributed by atoms with Crippen LogP contribution in [0.2, 0.25) is 0 Å². The number of nitrogens with one attached hydrogen (secondary N) is 1. The van der Waals surface area contributed by atoms with E-state index in [1.54, 1.807) is 0 Å². The Hall–Kier alpha value is -0.670. The van der Waals surface area contributed by atoms with Crippen molar-refractivity contribution in [1.29, 1.82) is 0 Å². The van der Waals surface area contributed by atoms with Crippen molar-refractivity contribution < 1.29 is 12.8 Å². The number of sulfonamides is 1. The predicted octanol–water partition coefficient (Wildman–Crippen LogP) is 2.74. The topological polar surface area (TPSA) is 85.3 Å². The molecule has 0 bridgehead atoms. The summed E-state index contributed by atoms with van der Waals surface area (Å²) < 4.78 is 33.1. The number of nitrogens with two attached hydrogens (primary N) is 1. The van der Waals surface area contributed by atoms with E-state index in [-0.39, 0.29) is 22.7 Å². The second-order valence-electron chi connectivity index (χ2n) is 4.01. The minimum Gasteiger partial charge on any atom is -0.452 e. The van der Waals surface area contributed by atoms with Crippen LogP contribution in [0.3, 0.4) is 0 Å². The average Bonchev–Trinajstić information content (AvgIpc) is 2.80. The second-order valence-corrected chi connectivity index (χ2v) is 7.38. The highest BCUT2D eigenvalue weighted by molar-refractivity contribution is 9.10. The molecule has 1 aromatic heterocycles. The van der Waals surface area contributed by atoms with E-state index >= 15 is 0 Å². The molecule has 2 rings (SSSR count). The van der Waals surface area contributed by atoms with Gasteiger partial charge in [-0.15, -0.1) is 0 Å². The van der Waals surface area contributed by atoms with Crippen LogP contribution < -0.4 is 10.5 Å². The summed E-state index contributed by atoms with van der Waals surface area (Å²) in [5, 5.41) is 0. The van der Waals surface area contributed by atoms with Crippen LogP contribution in [0.15, 0.2) is 48.8 Å². The third-order valence-electron chi connectivity index (χ3n) is 2.58. The maximum atomic E-state index is 12.2. The van der Waals surface area contributed by atoms with Crippen LogP contribution in [0.4, 0.5) is 0 Å². The van der Waals surface area contributed by atoms with Gasteiger partial charge in [0.05, 0.1) is 6.54 Å². The lowest BCUT2D eigenvalue weighted by atomic mass is 10.2. The van der Waals surface area contributed by atoms with Crippen molar-refractivity contribution in [2.75, 3.05) is 0 Å². The average molecular weight is 424 g/mol. The molecule has 0 radical (unpaired) electrons. The van der Waals surface area contributed by atoms with E-state index in [1.165, 1.54) is 6.07 Å². The summed E-state index contributed by atoms with van der Waals surface area (Å²) in [6.45, 7) is 0.339. The van der Waals surface area contributed by atoms with Gasteiger partial charge in [-0.2, -0.15) is 0 Å². The van der Waals surface area contributed by atoms with Crippen molar-refractivity contribution in [3.8, 4) is 0 Å². The van der Waals surface area contributed by atoms with Gasteiger partial charge in [0, 0.05) is 17.1 Å². The molecule has 0 aliphatic heterocycles. The molecule has 5 nitrogen and oxygen atoms in total. The molecule has 3 N–H and O–H groups in total. The SMILES string of the molecule is NCc1cc(S(=O)(=O)NCc2ccc(Br)cc2)c(Br)o1. The van der Waals surface area contributed by atoms with Crippen LogP contribution in [0, 0.1) is 0 Å². The maximum absolute atomic E-state index is 12.2. The number of benzene rings is 1. The second kappa shape index (κ2) is 6.40. The van der Waals surface area contributed by atoms with Crippen LogP contribution in [0.1, 0.15) is 11.3 Å². The zero-order valence-corrected chi connectivity index (χ0v) is 14.3. The maximum Gasteiger partial charge on any atom is 0.245 e. The van der Waals surface area contributed by atoms with Gasteiger partial charge in [0.25, 0.3) is 0 Å². The van der Waals surface area contributed by atoms with Crippen molar-refractivity contribution in [3.63, 3.8) is 0 Å². The van der Waals surface area contributed by atoms with E-state index < -0.39 is 10.0 Å². The van der Waals surface area contributed by atoms with Crippen molar-refractivity contribution in [2.24, 2.45) is 5.73 Å². The number of halogens is 2. The molecular weight excluding hydrogens is 412 g/mol.